The number of ether oxygens (including phenoxy) is 1. The Hall–Kier alpha value is -1.02. The molecule has 1 aromatic heterocycles. The Kier molecular flexibility index (Phi) is 4.24. The Morgan fingerprint density at radius 1 is 1.36 bits per heavy atom. The topological polar surface area (TPSA) is 83.6 Å². The molecule has 7 nitrogen and oxygen atoms in total. The van der Waals surface area contributed by atoms with Crippen LogP contribution in [0.15, 0.2) is 6.33 Å². The van der Waals surface area contributed by atoms with E-state index in [9.17, 15) is 10.2 Å². The van der Waals surface area contributed by atoms with E-state index in [1.54, 1.807) is 13.3 Å². The van der Waals surface area contributed by atoms with Gasteiger partial charge in [-0.1, -0.05) is 0 Å². The van der Waals surface area contributed by atoms with E-state index in [1.165, 1.54) is 0 Å². The number of likely N-dealkylation sites (tertiary alicyclic amines) is 1. The van der Waals surface area contributed by atoms with Gasteiger partial charge in [-0.15, -0.1) is 10.2 Å². The zero-order chi connectivity index (χ0) is 15.8. The van der Waals surface area contributed by atoms with Crippen molar-refractivity contribution in [2.75, 3.05) is 26.2 Å². The Morgan fingerprint density at radius 2 is 2.09 bits per heavy atom. The summed E-state index contributed by atoms with van der Waals surface area (Å²) in [7, 11) is 0. The number of rotatable bonds is 3. The number of piperidine rings is 1. The monoisotopic (exact) mass is 310 g/mol. The van der Waals surface area contributed by atoms with Gasteiger partial charge in [0.2, 0.25) is 0 Å². The Balaban J connectivity index is 1.51. The number of aryl methyl sites for hydroxylation is 1. The molecular formula is C15H26N4O3. The van der Waals surface area contributed by atoms with Crippen LogP contribution in [0.3, 0.4) is 0 Å². The fraction of sp³-hybridized carbons (Fsp3) is 0.867. The standard InChI is InChI=1S/C15H26N4O3/c1-12-17-16-11-19(12)8-7-18-5-3-15(4-6-18)10-14(2,21)13(20)9-22-15/h11,13,20-21H,3-10H2,1-2H3/t13-,14-/m0/s1. The summed E-state index contributed by atoms with van der Waals surface area (Å²) < 4.78 is 7.97. The third-order valence-corrected chi connectivity index (χ3v) is 5.18. The first kappa shape index (κ1) is 15.9. The lowest BCUT2D eigenvalue weighted by Crippen LogP contribution is -2.59. The number of hydrogen-bond donors (Lipinski definition) is 2. The summed E-state index contributed by atoms with van der Waals surface area (Å²) in [4.78, 5) is 2.41. The second-order valence-electron chi connectivity index (χ2n) is 6.96. The van der Waals surface area contributed by atoms with Crippen LogP contribution in [0.2, 0.25) is 0 Å². The SMILES string of the molecule is Cc1nncn1CCN1CCC2(CC1)C[C@](C)(O)[C@@H](O)CO2. The maximum absolute atomic E-state index is 10.3. The van der Waals surface area contributed by atoms with Crippen molar-refractivity contribution in [2.24, 2.45) is 0 Å². The van der Waals surface area contributed by atoms with E-state index in [0.29, 0.717) is 6.42 Å². The molecule has 0 radical (unpaired) electrons. The van der Waals surface area contributed by atoms with Crippen molar-refractivity contribution < 1.29 is 14.9 Å². The molecule has 3 rings (SSSR count). The molecule has 0 bridgehead atoms. The van der Waals surface area contributed by atoms with Crippen LogP contribution in [0, 0.1) is 6.92 Å². The van der Waals surface area contributed by atoms with E-state index < -0.39 is 11.7 Å². The molecule has 1 aromatic rings. The molecule has 2 aliphatic heterocycles. The maximum Gasteiger partial charge on any atom is 0.129 e. The molecule has 0 amide bonds. The predicted octanol–water partition coefficient (Wildman–Crippen LogP) is -0.0467. The molecule has 3 heterocycles. The zero-order valence-electron chi connectivity index (χ0n) is 13.4. The number of nitrogens with zero attached hydrogens (tertiary/aromatic N) is 4. The minimum Gasteiger partial charge on any atom is -0.388 e. The molecule has 2 saturated heterocycles. The molecule has 124 valence electrons. The molecule has 0 saturated carbocycles. The van der Waals surface area contributed by atoms with Gasteiger partial charge in [0.15, 0.2) is 0 Å². The average molecular weight is 310 g/mol. The highest BCUT2D eigenvalue weighted by molar-refractivity contribution is 5.00. The van der Waals surface area contributed by atoms with E-state index in [0.717, 1.165) is 44.8 Å². The van der Waals surface area contributed by atoms with Crippen molar-refractivity contribution in [1.82, 2.24) is 19.7 Å². The smallest absolute Gasteiger partial charge is 0.129 e. The van der Waals surface area contributed by atoms with Gasteiger partial charge >= 0.3 is 0 Å². The first-order valence-corrected chi connectivity index (χ1v) is 8.01. The summed E-state index contributed by atoms with van der Waals surface area (Å²) in [6.07, 6.45) is 3.30. The molecular weight excluding hydrogens is 284 g/mol. The molecule has 7 heteroatoms. The number of hydrogen-bond acceptors (Lipinski definition) is 6. The minimum absolute atomic E-state index is 0.229. The highest BCUT2D eigenvalue weighted by Crippen LogP contribution is 2.39. The number of aliphatic hydroxyl groups is 2. The van der Waals surface area contributed by atoms with Crippen molar-refractivity contribution in [3.63, 3.8) is 0 Å². The first-order chi connectivity index (χ1) is 10.4. The van der Waals surface area contributed by atoms with E-state index in [4.69, 9.17) is 4.74 Å². The molecule has 0 aliphatic carbocycles. The van der Waals surface area contributed by atoms with Gasteiger partial charge in [-0.2, -0.15) is 0 Å². The Morgan fingerprint density at radius 3 is 2.68 bits per heavy atom. The van der Waals surface area contributed by atoms with Gasteiger partial charge in [0.1, 0.15) is 18.3 Å². The van der Waals surface area contributed by atoms with Gasteiger partial charge in [-0.05, 0) is 26.7 Å². The molecule has 2 N–H and O–H groups in total. The Bertz CT molecular complexity index is 509. The van der Waals surface area contributed by atoms with Gasteiger partial charge in [-0.25, -0.2) is 0 Å². The van der Waals surface area contributed by atoms with Gasteiger partial charge in [0.05, 0.1) is 17.8 Å². The second-order valence-corrected chi connectivity index (χ2v) is 6.96. The van der Waals surface area contributed by atoms with E-state index in [2.05, 4.69) is 19.7 Å². The third-order valence-electron chi connectivity index (χ3n) is 5.18. The molecule has 2 atom stereocenters. The highest BCUT2D eigenvalue weighted by atomic mass is 16.5. The van der Waals surface area contributed by atoms with Crippen molar-refractivity contribution in [1.29, 1.82) is 0 Å². The quantitative estimate of drug-likeness (QED) is 0.815. The predicted molar refractivity (Wildman–Crippen MR) is 80.4 cm³/mol. The van der Waals surface area contributed by atoms with Crippen molar-refractivity contribution in [3.05, 3.63) is 12.2 Å². The van der Waals surface area contributed by atoms with E-state index >= 15 is 0 Å². The van der Waals surface area contributed by atoms with E-state index in [-0.39, 0.29) is 12.2 Å². The van der Waals surface area contributed by atoms with Crippen LogP contribution in [0.4, 0.5) is 0 Å². The lowest BCUT2D eigenvalue weighted by atomic mass is 9.76. The summed E-state index contributed by atoms with van der Waals surface area (Å²) in [6, 6.07) is 0. The van der Waals surface area contributed by atoms with Gasteiger partial charge in [0, 0.05) is 32.6 Å². The van der Waals surface area contributed by atoms with Gasteiger partial charge < -0.3 is 24.4 Å². The highest BCUT2D eigenvalue weighted by Gasteiger charge is 2.48. The minimum atomic E-state index is -1.04. The van der Waals surface area contributed by atoms with Crippen LogP contribution in [0.25, 0.3) is 0 Å². The molecule has 2 aliphatic rings. The summed E-state index contributed by atoms with van der Waals surface area (Å²) in [6.45, 7) is 7.66. The summed E-state index contributed by atoms with van der Waals surface area (Å²) in [5.74, 6) is 0.939. The second kappa shape index (κ2) is 5.88. The van der Waals surface area contributed by atoms with Crippen LogP contribution < -0.4 is 0 Å². The summed E-state index contributed by atoms with van der Waals surface area (Å²) in [5.41, 5.74) is -1.31. The largest absolute Gasteiger partial charge is 0.388 e. The van der Waals surface area contributed by atoms with Crippen molar-refractivity contribution in [3.8, 4) is 0 Å². The lowest BCUT2D eigenvalue weighted by Gasteiger charge is -2.50. The third kappa shape index (κ3) is 3.17. The zero-order valence-corrected chi connectivity index (χ0v) is 13.4. The van der Waals surface area contributed by atoms with Gasteiger partial charge in [0.25, 0.3) is 0 Å². The fourth-order valence-electron chi connectivity index (χ4n) is 3.54. The Labute approximate surface area is 130 Å². The molecule has 2 fully saturated rings. The van der Waals surface area contributed by atoms with Crippen LogP contribution in [-0.4, -0.2) is 73.4 Å². The van der Waals surface area contributed by atoms with Crippen molar-refractivity contribution >= 4 is 0 Å². The number of aliphatic hydroxyl groups excluding tert-OH is 1. The fourth-order valence-corrected chi connectivity index (χ4v) is 3.54. The summed E-state index contributed by atoms with van der Waals surface area (Å²) >= 11 is 0. The van der Waals surface area contributed by atoms with Crippen LogP contribution in [0.1, 0.15) is 32.0 Å². The molecule has 0 aromatic carbocycles. The summed E-state index contributed by atoms with van der Waals surface area (Å²) in [5, 5.41) is 28.0. The van der Waals surface area contributed by atoms with E-state index in [1.807, 2.05) is 6.92 Å². The maximum atomic E-state index is 10.3. The first-order valence-electron chi connectivity index (χ1n) is 8.01. The normalized spacial score (nSPS) is 32.5. The molecule has 0 unspecified atom stereocenters. The molecule has 1 spiro atoms. The van der Waals surface area contributed by atoms with Crippen LogP contribution in [-0.2, 0) is 11.3 Å². The van der Waals surface area contributed by atoms with Gasteiger partial charge in [-0.3, -0.25) is 0 Å². The molecule has 22 heavy (non-hydrogen) atoms. The average Bonchev–Trinajstić information content (AvgIpc) is 2.88. The number of aromatic nitrogens is 3. The van der Waals surface area contributed by atoms with Crippen LogP contribution in [0.5, 0.6) is 0 Å². The lowest BCUT2D eigenvalue weighted by molar-refractivity contribution is -0.223. The van der Waals surface area contributed by atoms with Crippen LogP contribution >= 0.6 is 0 Å². The van der Waals surface area contributed by atoms with Crippen molar-refractivity contribution in [2.45, 2.75) is 57.0 Å².